The summed E-state index contributed by atoms with van der Waals surface area (Å²) in [5.74, 6) is 0. The molecule has 0 nitrogen and oxygen atoms in total. The zero-order valence-corrected chi connectivity index (χ0v) is 14.5. The Labute approximate surface area is 143 Å². The fourth-order valence-corrected chi connectivity index (χ4v) is 3.53. The number of hydrogen-bond donors (Lipinski definition) is 0. The normalized spacial score (nSPS) is 13.6. The Bertz CT molecular complexity index is 769. The van der Waals surface area contributed by atoms with Crippen LogP contribution in [0.1, 0.15) is 16.7 Å². The van der Waals surface area contributed by atoms with Crippen molar-refractivity contribution in [2.75, 3.05) is 0 Å². The highest BCUT2D eigenvalue weighted by molar-refractivity contribution is 7.27. The van der Waals surface area contributed by atoms with E-state index in [0.717, 1.165) is 22.0 Å². The topological polar surface area (TPSA) is 0 Å². The number of rotatable bonds is 3. The second kappa shape index (κ2) is 6.42. The van der Waals surface area contributed by atoms with Gasteiger partial charge in [0.1, 0.15) is 4.87 Å². The van der Waals surface area contributed by atoms with Crippen molar-refractivity contribution in [2.24, 2.45) is 0 Å². The number of halogens is 2. The minimum atomic E-state index is -0.808. The summed E-state index contributed by atoms with van der Waals surface area (Å²) < 4.78 is 0. The lowest BCUT2D eigenvalue weighted by Gasteiger charge is -2.30. The van der Waals surface area contributed by atoms with Gasteiger partial charge in [0.05, 0.1) is 0 Å². The first kappa shape index (κ1) is 15.6. The smallest absolute Gasteiger partial charge is 0.106 e. The van der Waals surface area contributed by atoms with Gasteiger partial charge in [0.15, 0.2) is 0 Å². The van der Waals surface area contributed by atoms with Crippen molar-refractivity contribution in [3.8, 4) is 0 Å². The molecular weight excluding hydrogens is 330 g/mol. The molecule has 0 heterocycles. The van der Waals surface area contributed by atoms with Crippen LogP contribution >= 0.6 is 32.4 Å². The van der Waals surface area contributed by atoms with Crippen molar-refractivity contribution in [2.45, 2.75) is 4.87 Å². The molecule has 3 aromatic rings. The van der Waals surface area contributed by atoms with Gasteiger partial charge < -0.3 is 0 Å². The zero-order chi connectivity index (χ0) is 15.6. The van der Waals surface area contributed by atoms with Gasteiger partial charge >= 0.3 is 0 Å². The van der Waals surface area contributed by atoms with E-state index in [0.29, 0.717) is 5.02 Å². The first-order chi connectivity index (χ1) is 10.6. The van der Waals surface area contributed by atoms with E-state index >= 15 is 0 Å². The molecule has 0 N–H and O–H groups in total. The van der Waals surface area contributed by atoms with E-state index in [4.69, 9.17) is 23.2 Å². The predicted molar refractivity (Wildman–Crippen MR) is 99.4 cm³/mol. The maximum absolute atomic E-state index is 7.18. The first-order valence-electron chi connectivity index (χ1n) is 6.98. The van der Waals surface area contributed by atoms with Crippen molar-refractivity contribution in [3.63, 3.8) is 0 Å². The minimum absolute atomic E-state index is 0.663. The Hall–Kier alpha value is -1.33. The molecule has 0 saturated heterocycles. The Kier molecular flexibility index (Phi) is 4.54. The SMILES string of the molecule is Pc1ccc(C(Cl)(c2ccccc2)c2ccccc2Cl)cc1. The van der Waals surface area contributed by atoms with E-state index in [-0.39, 0.29) is 0 Å². The average Bonchev–Trinajstić information content (AvgIpc) is 2.56. The summed E-state index contributed by atoms with van der Waals surface area (Å²) in [5.41, 5.74) is 2.89. The van der Waals surface area contributed by atoms with Crippen molar-refractivity contribution in [3.05, 3.63) is 101 Å². The third kappa shape index (κ3) is 2.79. The molecule has 3 rings (SSSR count). The van der Waals surface area contributed by atoms with Crippen LogP contribution in [0.2, 0.25) is 5.02 Å². The highest BCUT2D eigenvalue weighted by Crippen LogP contribution is 2.45. The molecule has 0 aliphatic carbocycles. The molecule has 0 aliphatic heterocycles. The van der Waals surface area contributed by atoms with Crippen LogP contribution in [0.15, 0.2) is 78.9 Å². The molecular formula is C19H15Cl2P. The van der Waals surface area contributed by atoms with Crippen molar-refractivity contribution >= 4 is 37.7 Å². The van der Waals surface area contributed by atoms with Gasteiger partial charge in [0.2, 0.25) is 0 Å². The molecule has 0 bridgehead atoms. The summed E-state index contributed by atoms with van der Waals surface area (Å²) in [7, 11) is 2.69. The largest absolute Gasteiger partial charge is 0.121 e. The lowest BCUT2D eigenvalue weighted by atomic mass is 9.84. The molecule has 0 aliphatic rings. The second-order valence-electron chi connectivity index (χ2n) is 5.13. The predicted octanol–water partition coefficient (Wildman–Crippen LogP) is 5.37. The van der Waals surface area contributed by atoms with E-state index < -0.39 is 4.87 Å². The standard InChI is InChI=1S/C19H15Cl2P/c20-18-9-5-4-8-17(18)19(21,14-6-2-1-3-7-14)15-10-12-16(22)13-11-15/h1-13H,22H2. The van der Waals surface area contributed by atoms with E-state index in [2.05, 4.69) is 9.24 Å². The molecule has 22 heavy (non-hydrogen) atoms. The zero-order valence-electron chi connectivity index (χ0n) is 11.8. The van der Waals surface area contributed by atoms with E-state index in [9.17, 15) is 0 Å². The van der Waals surface area contributed by atoms with Crippen LogP contribution in [0.5, 0.6) is 0 Å². The summed E-state index contributed by atoms with van der Waals surface area (Å²) in [4.78, 5) is -0.808. The van der Waals surface area contributed by atoms with Crippen LogP contribution in [-0.4, -0.2) is 0 Å². The third-order valence-corrected chi connectivity index (χ3v) is 5.08. The average molecular weight is 345 g/mol. The van der Waals surface area contributed by atoms with Gasteiger partial charge in [0, 0.05) is 10.6 Å². The van der Waals surface area contributed by atoms with Crippen molar-refractivity contribution in [1.82, 2.24) is 0 Å². The molecule has 3 aromatic carbocycles. The number of alkyl halides is 1. The maximum atomic E-state index is 7.18. The van der Waals surface area contributed by atoms with Gasteiger partial charge in [-0.3, -0.25) is 0 Å². The highest BCUT2D eigenvalue weighted by Gasteiger charge is 2.35. The number of benzene rings is 3. The molecule has 3 heteroatoms. The summed E-state index contributed by atoms with van der Waals surface area (Å²) in [6.07, 6.45) is 0. The first-order valence-corrected chi connectivity index (χ1v) is 8.31. The molecule has 110 valence electrons. The van der Waals surface area contributed by atoms with Crippen LogP contribution in [0.3, 0.4) is 0 Å². The van der Waals surface area contributed by atoms with Crippen LogP contribution < -0.4 is 5.30 Å². The van der Waals surface area contributed by atoms with Gasteiger partial charge in [-0.1, -0.05) is 84.4 Å². The molecule has 0 amide bonds. The minimum Gasteiger partial charge on any atom is -0.106 e. The fourth-order valence-electron chi connectivity index (χ4n) is 2.60. The second-order valence-corrected chi connectivity index (χ2v) is 6.77. The van der Waals surface area contributed by atoms with Gasteiger partial charge in [-0.25, -0.2) is 0 Å². The molecule has 0 fully saturated rings. The van der Waals surface area contributed by atoms with Crippen LogP contribution in [0.25, 0.3) is 0 Å². The molecule has 0 spiro atoms. The lowest BCUT2D eigenvalue weighted by molar-refractivity contribution is 0.880. The summed E-state index contributed by atoms with van der Waals surface area (Å²) in [5, 5.41) is 1.78. The summed E-state index contributed by atoms with van der Waals surface area (Å²) >= 11 is 13.6. The van der Waals surface area contributed by atoms with E-state index in [1.165, 1.54) is 0 Å². The van der Waals surface area contributed by atoms with Gasteiger partial charge in [-0.05, 0) is 22.5 Å². The van der Waals surface area contributed by atoms with Crippen molar-refractivity contribution < 1.29 is 0 Å². The van der Waals surface area contributed by atoms with Gasteiger partial charge in [-0.2, -0.15) is 0 Å². The Morgan fingerprint density at radius 2 is 1.23 bits per heavy atom. The van der Waals surface area contributed by atoms with Crippen LogP contribution in [0.4, 0.5) is 0 Å². The van der Waals surface area contributed by atoms with Crippen LogP contribution in [0, 0.1) is 0 Å². The summed E-state index contributed by atoms with van der Waals surface area (Å²) in [6.45, 7) is 0. The summed E-state index contributed by atoms with van der Waals surface area (Å²) in [6, 6.07) is 25.9. The highest BCUT2D eigenvalue weighted by atomic mass is 35.5. The molecule has 2 atom stereocenters. The third-order valence-electron chi connectivity index (χ3n) is 3.73. The van der Waals surface area contributed by atoms with Crippen LogP contribution in [-0.2, 0) is 4.87 Å². The van der Waals surface area contributed by atoms with Crippen molar-refractivity contribution in [1.29, 1.82) is 0 Å². The molecule has 0 aromatic heterocycles. The molecule has 0 saturated carbocycles. The van der Waals surface area contributed by atoms with E-state index in [1.54, 1.807) is 0 Å². The fraction of sp³-hybridized carbons (Fsp3) is 0.0526. The van der Waals surface area contributed by atoms with Gasteiger partial charge in [0.25, 0.3) is 0 Å². The Balaban J connectivity index is 2.27. The maximum Gasteiger partial charge on any atom is 0.121 e. The number of hydrogen-bond acceptors (Lipinski definition) is 0. The molecule has 2 unspecified atom stereocenters. The molecule has 0 radical (unpaired) electrons. The van der Waals surface area contributed by atoms with E-state index in [1.807, 2.05) is 78.9 Å². The Morgan fingerprint density at radius 3 is 1.86 bits per heavy atom. The monoisotopic (exact) mass is 344 g/mol. The lowest BCUT2D eigenvalue weighted by Crippen LogP contribution is -2.23. The van der Waals surface area contributed by atoms with Gasteiger partial charge in [-0.15, -0.1) is 20.8 Å². The Morgan fingerprint density at radius 1 is 0.682 bits per heavy atom. The quantitative estimate of drug-likeness (QED) is 0.340.